The first-order chi connectivity index (χ1) is 10.1. The smallest absolute Gasteiger partial charge is 0.303 e. The molecular weight excluding hydrogens is 284 g/mol. The van der Waals surface area contributed by atoms with Gasteiger partial charge in [0.05, 0.1) is 16.7 Å². The highest BCUT2D eigenvalue weighted by atomic mass is 32.1. The van der Waals surface area contributed by atoms with Crippen LogP contribution in [0.1, 0.15) is 36.5 Å². The third-order valence-electron chi connectivity index (χ3n) is 3.41. The number of rotatable bonds is 7. The van der Waals surface area contributed by atoms with Gasteiger partial charge in [-0.3, -0.25) is 4.79 Å². The van der Waals surface area contributed by atoms with Crippen LogP contribution in [0.25, 0.3) is 0 Å². The molecule has 1 aromatic carbocycles. The molecule has 112 valence electrons. The summed E-state index contributed by atoms with van der Waals surface area (Å²) < 4.78 is 0. The summed E-state index contributed by atoms with van der Waals surface area (Å²) >= 11 is 1.64. The van der Waals surface area contributed by atoms with E-state index in [0.717, 1.165) is 16.4 Å². The number of anilines is 1. The summed E-state index contributed by atoms with van der Waals surface area (Å²) in [6.45, 7) is 4.81. The Bertz CT molecular complexity index is 583. The van der Waals surface area contributed by atoms with Crippen LogP contribution in [0.4, 0.5) is 5.69 Å². The van der Waals surface area contributed by atoms with Gasteiger partial charge in [0.2, 0.25) is 0 Å². The molecule has 5 heteroatoms. The predicted molar refractivity (Wildman–Crippen MR) is 85.9 cm³/mol. The maximum atomic E-state index is 10.7. The number of carbonyl (C=O) groups is 1. The van der Waals surface area contributed by atoms with E-state index >= 15 is 0 Å². The van der Waals surface area contributed by atoms with Crippen molar-refractivity contribution in [1.82, 2.24) is 4.98 Å². The molecule has 0 saturated carbocycles. The number of benzene rings is 1. The maximum absolute atomic E-state index is 10.7. The molecule has 1 unspecified atom stereocenters. The monoisotopic (exact) mass is 304 g/mol. The zero-order valence-corrected chi connectivity index (χ0v) is 13.1. The Morgan fingerprint density at radius 1 is 1.38 bits per heavy atom. The highest BCUT2D eigenvalue weighted by Crippen LogP contribution is 2.27. The Labute approximate surface area is 129 Å². The first kappa shape index (κ1) is 15.5. The number of carboxylic acids is 1. The highest BCUT2D eigenvalue weighted by Gasteiger charge is 2.18. The van der Waals surface area contributed by atoms with Crippen LogP contribution < -0.4 is 4.90 Å². The molecule has 0 aliphatic rings. The van der Waals surface area contributed by atoms with Crippen molar-refractivity contribution in [3.63, 3.8) is 0 Å². The molecule has 0 saturated heterocycles. The molecule has 0 fully saturated rings. The van der Waals surface area contributed by atoms with Gasteiger partial charge in [-0.15, -0.1) is 11.3 Å². The number of hydrogen-bond donors (Lipinski definition) is 1. The summed E-state index contributed by atoms with van der Waals surface area (Å²) in [7, 11) is 0. The van der Waals surface area contributed by atoms with Crippen molar-refractivity contribution in [3.8, 4) is 0 Å². The molecule has 1 aromatic heterocycles. The number of nitrogens with zero attached hydrogens (tertiary/aromatic N) is 2. The first-order valence-electron chi connectivity index (χ1n) is 7.03. The van der Waals surface area contributed by atoms with E-state index in [1.54, 1.807) is 11.3 Å². The van der Waals surface area contributed by atoms with Crippen LogP contribution in [0, 0.1) is 6.92 Å². The largest absolute Gasteiger partial charge is 0.481 e. The van der Waals surface area contributed by atoms with Crippen LogP contribution in [0.5, 0.6) is 0 Å². The second-order valence-electron chi connectivity index (χ2n) is 4.99. The SMILES string of the molecule is Cc1nc(C(C)N(CCCC(=O)O)c2ccccc2)cs1. The Kier molecular flexibility index (Phi) is 5.33. The zero-order chi connectivity index (χ0) is 15.2. The molecule has 0 amide bonds. The lowest BCUT2D eigenvalue weighted by Gasteiger charge is -2.30. The Balaban J connectivity index is 2.16. The number of aromatic nitrogens is 1. The lowest BCUT2D eigenvalue weighted by Crippen LogP contribution is -2.28. The van der Waals surface area contributed by atoms with E-state index in [4.69, 9.17) is 5.11 Å². The van der Waals surface area contributed by atoms with Crippen molar-refractivity contribution >= 4 is 23.0 Å². The van der Waals surface area contributed by atoms with Crippen molar-refractivity contribution in [2.24, 2.45) is 0 Å². The van der Waals surface area contributed by atoms with E-state index in [0.29, 0.717) is 13.0 Å². The van der Waals surface area contributed by atoms with Gasteiger partial charge in [-0.05, 0) is 32.4 Å². The number of aliphatic carboxylic acids is 1. The lowest BCUT2D eigenvalue weighted by atomic mass is 10.1. The molecule has 0 aliphatic carbocycles. The van der Waals surface area contributed by atoms with E-state index in [2.05, 4.69) is 34.3 Å². The van der Waals surface area contributed by atoms with Crippen LogP contribution in [-0.4, -0.2) is 22.6 Å². The van der Waals surface area contributed by atoms with Crippen molar-refractivity contribution in [2.75, 3.05) is 11.4 Å². The average molecular weight is 304 g/mol. The fourth-order valence-corrected chi connectivity index (χ4v) is 3.00. The second kappa shape index (κ2) is 7.22. The van der Waals surface area contributed by atoms with Crippen LogP contribution in [0.15, 0.2) is 35.7 Å². The van der Waals surface area contributed by atoms with Gasteiger partial charge < -0.3 is 10.0 Å². The molecule has 1 heterocycles. The third-order valence-corrected chi connectivity index (χ3v) is 4.20. The molecular formula is C16H20N2O2S. The van der Waals surface area contributed by atoms with Gasteiger partial charge >= 0.3 is 5.97 Å². The minimum atomic E-state index is -0.750. The van der Waals surface area contributed by atoms with Crippen molar-refractivity contribution in [3.05, 3.63) is 46.4 Å². The summed E-state index contributed by atoms with van der Waals surface area (Å²) in [5, 5.41) is 12.0. The van der Waals surface area contributed by atoms with Gasteiger partial charge in [-0.25, -0.2) is 4.98 Å². The third kappa shape index (κ3) is 4.29. The summed E-state index contributed by atoms with van der Waals surface area (Å²) in [5.41, 5.74) is 2.14. The highest BCUT2D eigenvalue weighted by molar-refractivity contribution is 7.09. The summed E-state index contributed by atoms with van der Waals surface area (Å²) in [5.74, 6) is -0.750. The van der Waals surface area contributed by atoms with E-state index in [9.17, 15) is 4.79 Å². The predicted octanol–water partition coefficient (Wildman–Crippen LogP) is 3.88. The normalized spacial score (nSPS) is 12.1. The Hall–Kier alpha value is -1.88. The molecule has 21 heavy (non-hydrogen) atoms. The van der Waals surface area contributed by atoms with Crippen molar-refractivity contribution < 1.29 is 9.90 Å². The molecule has 0 bridgehead atoms. The number of para-hydroxylation sites is 1. The molecule has 0 spiro atoms. The summed E-state index contributed by atoms with van der Waals surface area (Å²) in [4.78, 5) is 17.5. The molecule has 0 radical (unpaired) electrons. The molecule has 1 atom stereocenters. The molecule has 4 nitrogen and oxygen atoms in total. The van der Waals surface area contributed by atoms with Gasteiger partial charge in [-0.2, -0.15) is 0 Å². The average Bonchev–Trinajstić information content (AvgIpc) is 2.90. The molecule has 0 aliphatic heterocycles. The number of aryl methyl sites for hydroxylation is 1. The fourth-order valence-electron chi connectivity index (χ4n) is 2.30. The topological polar surface area (TPSA) is 53.4 Å². The van der Waals surface area contributed by atoms with Crippen LogP contribution in [0.2, 0.25) is 0 Å². The van der Waals surface area contributed by atoms with E-state index in [1.807, 2.05) is 25.1 Å². The second-order valence-corrected chi connectivity index (χ2v) is 6.06. The number of carboxylic acid groups (broad SMARTS) is 1. The summed E-state index contributed by atoms with van der Waals surface area (Å²) in [6.07, 6.45) is 0.809. The van der Waals surface area contributed by atoms with Crippen LogP contribution in [-0.2, 0) is 4.79 Å². The Morgan fingerprint density at radius 2 is 2.10 bits per heavy atom. The quantitative estimate of drug-likeness (QED) is 0.843. The van der Waals surface area contributed by atoms with Crippen molar-refractivity contribution in [1.29, 1.82) is 0 Å². The zero-order valence-electron chi connectivity index (χ0n) is 12.3. The van der Waals surface area contributed by atoms with E-state index in [-0.39, 0.29) is 12.5 Å². The molecule has 2 rings (SSSR count). The van der Waals surface area contributed by atoms with Crippen molar-refractivity contribution in [2.45, 2.75) is 32.7 Å². The van der Waals surface area contributed by atoms with Gasteiger partial charge in [0.15, 0.2) is 0 Å². The van der Waals surface area contributed by atoms with Gasteiger partial charge in [0, 0.05) is 24.0 Å². The van der Waals surface area contributed by atoms with Gasteiger partial charge in [-0.1, -0.05) is 18.2 Å². The van der Waals surface area contributed by atoms with Crippen LogP contribution in [0.3, 0.4) is 0 Å². The van der Waals surface area contributed by atoms with Crippen LogP contribution >= 0.6 is 11.3 Å². The number of thiazole rings is 1. The van der Waals surface area contributed by atoms with E-state index < -0.39 is 5.97 Å². The Morgan fingerprint density at radius 3 is 2.67 bits per heavy atom. The van der Waals surface area contributed by atoms with Gasteiger partial charge in [0.1, 0.15) is 0 Å². The molecule has 1 N–H and O–H groups in total. The lowest BCUT2D eigenvalue weighted by molar-refractivity contribution is -0.137. The minimum Gasteiger partial charge on any atom is -0.481 e. The summed E-state index contributed by atoms with van der Waals surface area (Å²) in [6, 6.07) is 10.2. The number of hydrogen-bond acceptors (Lipinski definition) is 4. The maximum Gasteiger partial charge on any atom is 0.303 e. The standard InChI is InChI=1S/C16H20N2O2S/c1-12(15-11-21-13(2)17-15)18(10-6-9-16(19)20)14-7-4-3-5-8-14/h3-5,7-8,11-12H,6,9-10H2,1-2H3,(H,19,20). The first-order valence-corrected chi connectivity index (χ1v) is 7.91. The molecule has 2 aromatic rings. The van der Waals surface area contributed by atoms with E-state index in [1.165, 1.54) is 0 Å². The van der Waals surface area contributed by atoms with Gasteiger partial charge in [0.25, 0.3) is 0 Å². The minimum absolute atomic E-state index is 0.131. The fraction of sp³-hybridized carbons (Fsp3) is 0.375.